The van der Waals surface area contributed by atoms with E-state index in [-0.39, 0.29) is 5.76 Å². The number of benzene rings is 1. The molecule has 104 valence electrons. The molecule has 2 aromatic rings. The van der Waals surface area contributed by atoms with E-state index in [0.29, 0.717) is 12.2 Å². The van der Waals surface area contributed by atoms with Gasteiger partial charge in [0.1, 0.15) is 5.76 Å². The molecule has 0 atom stereocenters. The van der Waals surface area contributed by atoms with Gasteiger partial charge in [-0.1, -0.05) is 24.3 Å². The fourth-order valence-corrected chi connectivity index (χ4v) is 2.32. The molecule has 0 spiro atoms. The molecule has 3 heteroatoms. The van der Waals surface area contributed by atoms with Gasteiger partial charge in [-0.15, -0.1) is 0 Å². The SMILES string of the molecule is C=C(C)c1cc(Cc2ccc(C(=O)O)o2)c(C)cc1C. The summed E-state index contributed by atoms with van der Waals surface area (Å²) in [5.74, 6) is -0.411. The number of hydrogen-bond acceptors (Lipinski definition) is 2. The Morgan fingerprint density at radius 2 is 1.95 bits per heavy atom. The highest BCUT2D eigenvalue weighted by molar-refractivity contribution is 5.84. The van der Waals surface area contributed by atoms with E-state index in [9.17, 15) is 4.79 Å². The maximum Gasteiger partial charge on any atom is 0.371 e. The minimum Gasteiger partial charge on any atom is -0.475 e. The van der Waals surface area contributed by atoms with Crippen molar-refractivity contribution in [2.75, 3.05) is 0 Å². The summed E-state index contributed by atoms with van der Waals surface area (Å²) in [6.45, 7) is 10.1. The quantitative estimate of drug-likeness (QED) is 0.905. The lowest BCUT2D eigenvalue weighted by Gasteiger charge is -2.11. The normalized spacial score (nSPS) is 10.6. The number of aromatic carboxylic acids is 1. The van der Waals surface area contributed by atoms with Crippen molar-refractivity contribution >= 4 is 11.5 Å². The Morgan fingerprint density at radius 3 is 2.50 bits per heavy atom. The molecule has 1 aromatic carbocycles. The average molecular weight is 270 g/mol. The maximum atomic E-state index is 10.8. The lowest BCUT2D eigenvalue weighted by molar-refractivity contribution is 0.0660. The van der Waals surface area contributed by atoms with Crippen LogP contribution in [0.4, 0.5) is 0 Å². The molecule has 0 bridgehead atoms. The Hall–Kier alpha value is -2.29. The second kappa shape index (κ2) is 5.37. The summed E-state index contributed by atoms with van der Waals surface area (Å²) in [5, 5.41) is 8.87. The summed E-state index contributed by atoms with van der Waals surface area (Å²) in [6, 6.07) is 7.43. The zero-order valence-electron chi connectivity index (χ0n) is 12.0. The minimum atomic E-state index is -1.04. The van der Waals surface area contributed by atoms with Gasteiger partial charge in [0.25, 0.3) is 0 Å². The van der Waals surface area contributed by atoms with E-state index in [1.165, 1.54) is 17.2 Å². The van der Waals surface area contributed by atoms with Gasteiger partial charge in [0.15, 0.2) is 0 Å². The summed E-state index contributed by atoms with van der Waals surface area (Å²) in [7, 11) is 0. The minimum absolute atomic E-state index is 0.0233. The number of rotatable bonds is 4. The zero-order chi connectivity index (χ0) is 14.9. The van der Waals surface area contributed by atoms with Crippen LogP contribution in [0.25, 0.3) is 5.57 Å². The van der Waals surface area contributed by atoms with Crippen molar-refractivity contribution in [2.45, 2.75) is 27.2 Å². The molecule has 0 saturated heterocycles. The Bertz CT molecular complexity index is 678. The first-order valence-electron chi connectivity index (χ1n) is 6.46. The van der Waals surface area contributed by atoms with E-state index in [1.807, 2.05) is 13.8 Å². The second-order valence-electron chi connectivity index (χ2n) is 5.12. The van der Waals surface area contributed by atoms with Crippen molar-refractivity contribution in [1.82, 2.24) is 0 Å². The summed E-state index contributed by atoms with van der Waals surface area (Å²) < 4.78 is 5.31. The van der Waals surface area contributed by atoms with Crippen LogP contribution in [-0.2, 0) is 6.42 Å². The summed E-state index contributed by atoms with van der Waals surface area (Å²) in [5.41, 5.74) is 5.65. The molecule has 2 rings (SSSR count). The number of carboxylic acid groups (broad SMARTS) is 1. The number of furan rings is 1. The molecular formula is C17H18O3. The van der Waals surface area contributed by atoms with Crippen LogP contribution >= 0.6 is 0 Å². The van der Waals surface area contributed by atoms with E-state index in [0.717, 1.165) is 16.7 Å². The van der Waals surface area contributed by atoms with Gasteiger partial charge in [0.2, 0.25) is 5.76 Å². The number of carboxylic acids is 1. The van der Waals surface area contributed by atoms with Gasteiger partial charge in [0, 0.05) is 6.42 Å². The smallest absolute Gasteiger partial charge is 0.371 e. The predicted molar refractivity (Wildman–Crippen MR) is 79.1 cm³/mol. The Balaban J connectivity index is 2.35. The van der Waals surface area contributed by atoms with E-state index in [2.05, 4.69) is 25.6 Å². The number of carbonyl (C=O) groups is 1. The molecule has 0 aliphatic carbocycles. The predicted octanol–water partition coefficient (Wildman–Crippen LogP) is 4.22. The topological polar surface area (TPSA) is 50.4 Å². The molecule has 0 aliphatic rings. The van der Waals surface area contributed by atoms with Crippen molar-refractivity contribution in [3.8, 4) is 0 Å². The lowest BCUT2D eigenvalue weighted by Crippen LogP contribution is -1.96. The second-order valence-corrected chi connectivity index (χ2v) is 5.12. The van der Waals surface area contributed by atoms with E-state index in [4.69, 9.17) is 9.52 Å². The van der Waals surface area contributed by atoms with Crippen LogP contribution in [0.3, 0.4) is 0 Å². The molecule has 20 heavy (non-hydrogen) atoms. The van der Waals surface area contributed by atoms with Crippen LogP contribution in [-0.4, -0.2) is 11.1 Å². The van der Waals surface area contributed by atoms with Crippen molar-refractivity contribution in [2.24, 2.45) is 0 Å². The average Bonchev–Trinajstić information content (AvgIpc) is 2.80. The van der Waals surface area contributed by atoms with Gasteiger partial charge in [-0.2, -0.15) is 0 Å². The van der Waals surface area contributed by atoms with Crippen molar-refractivity contribution in [1.29, 1.82) is 0 Å². The standard InChI is InChI=1S/C17H18O3/c1-10(2)15-9-13(11(3)7-12(15)4)8-14-5-6-16(20-14)17(18)19/h5-7,9H,1,8H2,2-4H3,(H,18,19). The van der Waals surface area contributed by atoms with Crippen LogP contribution < -0.4 is 0 Å². The highest BCUT2D eigenvalue weighted by Crippen LogP contribution is 2.24. The van der Waals surface area contributed by atoms with Crippen LogP contribution in [0.5, 0.6) is 0 Å². The molecule has 1 N–H and O–H groups in total. The van der Waals surface area contributed by atoms with E-state index in [1.54, 1.807) is 6.07 Å². The molecule has 1 aromatic heterocycles. The highest BCUT2D eigenvalue weighted by Gasteiger charge is 2.11. The third-order valence-corrected chi connectivity index (χ3v) is 3.38. The molecule has 0 aliphatic heterocycles. The molecule has 0 fully saturated rings. The summed E-state index contributed by atoms with van der Waals surface area (Å²) in [4.78, 5) is 10.8. The van der Waals surface area contributed by atoms with Crippen LogP contribution in [0.2, 0.25) is 0 Å². The van der Waals surface area contributed by atoms with Gasteiger partial charge in [-0.25, -0.2) is 4.79 Å². The van der Waals surface area contributed by atoms with Crippen molar-refractivity contribution < 1.29 is 14.3 Å². The molecule has 0 radical (unpaired) electrons. The van der Waals surface area contributed by atoms with Gasteiger partial charge >= 0.3 is 5.97 Å². The number of hydrogen-bond donors (Lipinski definition) is 1. The number of allylic oxidation sites excluding steroid dienone is 1. The van der Waals surface area contributed by atoms with Gasteiger partial charge in [-0.3, -0.25) is 0 Å². The van der Waals surface area contributed by atoms with Crippen molar-refractivity contribution in [3.05, 3.63) is 64.6 Å². The molecule has 3 nitrogen and oxygen atoms in total. The molecular weight excluding hydrogens is 252 g/mol. The number of aryl methyl sites for hydroxylation is 2. The monoisotopic (exact) mass is 270 g/mol. The van der Waals surface area contributed by atoms with E-state index < -0.39 is 5.97 Å². The first-order chi connectivity index (χ1) is 9.38. The van der Waals surface area contributed by atoms with E-state index >= 15 is 0 Å². The Morgan fingerprint density at radius 1 is 1.25 bits per heavy atom. The molecule has 0 unspecified atom stereocenters. The van der Waals surface area contributed by atoms with Gasteiger partial charge in [0.05, 0.1) is 0 Å². The fraction of sp³-hybridized carbons (Fsp3) is 0.235. The first kappa shape index (κ1) is 14.1. The van der Waals surface area contributed by atoms with Gasteiger partial charge < -0.3 is 9.52 Å². The molecule has 1 heterocycles. The summed E-state index contributed by atoms with van der Waals surface area (Å²) in [6.07, 6.45) is 0.583. The third kappa shape index (κ3) is 2.82. The zero-order valence-corrected chi connectivity index (χ0v) is 12.0. The highest BCUT2D eigenvalue weighted by atomic mass is 16.4. The van der Waals surface area contributed by atoms with Crippen molar-refractivity contribution in [3.63, 3.8) is 0 Å². The molecule has 0 amide bonds. The third-order valence-electron chi connectivity index (χ3n) is 3.38. The molecule has 0 saturated carbocycles. The Kier molecular flexibility index (Phi) is 3.79. The van der Waals surface area contributed by atoms with Crippen LogP contribution in [0, 0.1) is 13.8 Å². The van der Waals surface area contributed by atoms with Gasteiger partial charge in [-0.05, 0) is 55.2 Å². The fourth-order valence-electron chi connectivity index (χ4n) is 2.32. The maximum absolute atomic E-state index is 10.8. The van der Waals surface area contributed by atoms with Crippen LogP contribution in [0.15, 0.2) is 35.3 Å². The van der Waals surface area contributed by atoms with Crippen LogP contribution in [0.1, 0.15) is 45.5 Å². The largest absolute Gasteiger partial charge is 0.475 e. The lowest BCUT2D eigenvalue weighted by atomic mass is 9.94. The Labute approximate surface area is 118 Å². The summed E-state index contributed by atoms with van der Waals surface area (Å²) >= 11 is 0. The first-order valence-corrected chi connectivity index (χ1v) is 6.46.